The number of carbonyl (C=O) groups is 2. The molecule has 7 nitrogen and oxygen atoms in total. The van der Waals surface area contributed by atoms with Crippen LogP contribution in [0, 0.1) is 6.92 Å². The number of rotatable bonds is 7. The van der Waals surface area contributed by atoms with Crippen LogP contribution >= 0.6 is 0 Å². The van der Waals surface area contributed by atoms with E-state index in [2.05, 4.69) is 10.1 Å². The molecule has 0 aliphatic heterocycles. The van der Waals surface area contributed by atoms with Gasteiger partial charge in [0.25, 0.3) is 0 Å². The van der Waals surface area contributed by atoms with Gasteiger partial charge in [-0.2, -0.15) is 0 Å². The molecule has 0 aromatic heterocycles. The van der Waals surface area contributed by atoms with Gasteiger partial charge >= 0.3 is 5.97 Å². The average Bonchev–Trinajstić information content (AvgIpc) is 2.65. The molecular formula is C20H24N2O5S. The summed E-state index contributed by atoms with van der Waals surface area (Å²) in [5.41, 5.74) is 2.06. The Kier molecular flexibility index (Phi) is 6.80. The molecule has 1 amide bonds. The number of methoxy groups -OCH3 is 1. The van der Waals surface area contributed by atoms with E-state index >= 15 is 0 Å². The molecule has 0 saturated heterocycles. The summed E-state index contributed by atoms with van der Waals surface area (Å²) in [6, 6.07) is 12.2. The lowest BCUT2D eigenvalue weighted by molar-refractivity contribution is -0.117. The molecule has 28 heavy (non-hydrogen) atoms. The summed E-state index contributed by atoms with van der Waals surface area (Å²) < 4.78 is 30.7. The van der Waals surface area contributed by atoms with E-state index in [1.54, 1.807) is 49.4 Å². The van der Waals surface area contributed by atoms with Gasteiger partial charge in [0, 0.05) is 5.69 Å². The highest BCUT2D eigenvalue weighted by Crippen LogP contribution is 2.24. The van der Waals surface area contributed by atoms with Crippen LogP contribution in [0.15, 0.2) is 48.5 Å². The van der Waals surface area contributed by atoms with Crippen LogP contribution in [-0.4, -0.2) is 39.7 Å². The van der Waals surface area contributed by atoms with Crippen molar-refractivity contribution in [1.29, 1.82) is 0 Å². The largest absolute Gasteiger partial charge is 0.465 e. The van der Waals surface area contributed by atoms with E-state index in [9.17, 15) is 18.0 Å². The fraction of sp³-hybridized carbons (Fsp3) is 0.300. The van der Waals surface area contributed by atoms with Crippen LogP contribution < -0.4 is 9.62 Å². The number of nitrogens with one attached hydrogen (secondary N) is 1. The quantitative estimate of drug-likeness (QED) is 0.716. The van der Waals surface area contributed by atoms with Crippen molar-refractivity contribution >= 4 is 33.3 Å². The normalized spacial score (nSPS) is 12.1. The highest BCUT2D eigenvalue weighted by Gasteiger charge is 2.31. The molecule has 0 spiro atoms. The van der Waals surface area contributed by atoms with Gasteiger partial charge in [0.15, 0.2) is 0 Å². The van der Waals surface area contributed by atoms with Gasteiger partial charge < -0.3 is 10.1 Å². The molecule has 0 bridgehead atoms. The van der Waals surface area contributed by atoms with Gasteiger partial charge in [-0.05, 0) is 43.7 Å². The van der Waals surface area contributed by atoms with Crippen LogP contribution in [0.3, 0.4) is 0 Å². The van der Waals surface area contributed by atoms with Gasteiger partial charge in [-0.1, -0.05) is 30.7 Å². The number of hydrogen-bond donors (Lipinski definition) is 1. The van der Waals surface area contributed by atoms with Crippen LogP contribution in [0.5, 0.6) is 0 Å². The minimum atomic E-state index is -3.71. The number of nitrogens with zero attached hydrogens (tertiary/aromatic N) is 1. The van der Waals surface area contributed by atoms with E-state index < -0.39 is 27.9 Å². The number of sulfonamides is 1. The number of benzene rings is 2. The van der Waals surface area contributed by atoms with Crippen molar-refractivity contribution in [2.24, 2.45) is 0 Å². The van der Waals surface area contributed by atoms with Gasteiger partial charge in [-0.3, -0.25) is 9.10 Å². The molecule has 0 aliphatic carbocycles. The Bertz CT molecular complexity index is 955. The zero-order chi connectivity index (χ0) is 20.9. The molecule has 8 heteroatoms. The smallest absolute Gasteiger partial charge is 0.337 e. The molecule has 0 radical (unpaired) electrons. The topological polar surface area (TPSA) is 92.8 Å². The van der Waals surface area contributed by atoms with E-state index in [4.69, 9.17) is 0 Å². The number of esters is 1. The number of carbonyl (C=O) groups excluding carboxylic acids is 2. The maximum Gasteiger partial charge on any atom is 0.337 e. The Morgan fingerprint density at radius 3 is 2.32 bits per heavy atom. The second-order valence-corrected chi connectivity index (χ2v) is 8.24. The van der Waals surface area contributed by atoms with Crippen molar-refractivity contribution in [3.05, 3.63) is 59.7 Å². The first kappa shape index (κ1) is 21.4. The molecule has 2 rings (SSSR count). The average molecular weight is 404 g/mol. The second-order valence-electron chi connectivity index (χ2n) is 6.38. The molecule has 1 atom stereocenters. The summed E-state index contributed by atoms with van der Waals surface area (Å²) in [6.45, 7) is 3.63. The Morgan fingerprint density at radius 2 is 1.79 bits per heavy atom. The number of ether oxygens (including phenoxy) is 1. The van der Waals surface area contributed by atoms with Gasteiger partial charge in [0.2, 0.25) is 15.9 Å². The van der Waals surface area contributed by atoms with Crippen molar-refractivity contribution in [2.45, 2.75) is 26.3 Å². The van der Waals surface area contributed by atoms with Crippen LogP contribution in [0.2, 0.25) is 0 Å². The third-order valence-corrected chi connectivity index (χ3v) is 5.35. The minimum Gasteiger partial charge on any atom is -0.465 e. The fourth-order valence-electron chi connectivity index (χ4n) is 2.82. The number of amides is 1. The highest BCUT2D eigenvalue weighted by atomic mass is 32.2. The van der Waals surface area contributed by atoms with E-state index in [1.165, 1.54) is 13.2 Å². The van der Waals surface area contributed by atoms with Crippen molar-refractivity contribution < 1.29 is 22.7 Å². The van der Waals surface area contributed by atoms with E-state index in [1.807, 2.05) is 6.92 Å². The number of anilines is 2. The summed E-state index contributed by atoms with van der Waals surface area (Å²) in [7, 11) is -2.44. The molecule has 1 N–H and O–H groups in total. The van der Waals surface area contributed by atoms with Crippen LogP contribution in [-0.2, 0) is 19.6 Å². The molecular weight excluding hydrogens is 380 g/mol. The maximum absolute atomic E-state index is 12.9. The fourth-order valence-corrected chi connectivity index (χ4v) is 4.03. The molecule has 0 heterocycles. The van der Waals surface area contributed by atoms with Gasteiger partial charge in [0.1, 0.15) is 6.04 Å². The van der Waals surface area contributed by atoms with E-state index in [0.717, 1.165) is 16.1 Å². The molecule has 0 unspecified atom stereocenters. The third-order valence-electron chi connectivity index (χ3n) is 4.17. The summed E-state index contributed by atoms with van der Waals surface area (Å²) in [6.07, 6.45) is 1.34. The van der Waals surface area contributed by atoms with Crippen LogP contribution in [0.1, 0.15) is 29.3 Å². The molecule has 150 valence electrons. The first-order valence-corrected chi connectivity index (χ1v) is 10.6. The van der Waals surface area contributed by atoms with Crippen molar-refractivity contribution in [1.82, 2.24) is 0 Å². The second kappa shape index (κ2) is 8.88. The van der Waals surface area contributed by atoms with Gasteiger partial charge in [-0.25, -0.2) is 13.2 Å². The lowest BCUT2D eigenvalue weighted by Crippen LogP contribution is -2.47. The standard InChI is InChI=1S/C20H24N2O5S/c1-5-18(22(28(4,25)26)17-11-9-14(2)10-12-17)19(23)21-16-8-6-7-15(13-16)20(24)27-3/h6-13,18H,5H2,1-4H3,(H,21,23)/t18-/m0/s1. The summed E-state index contributed by atoms with van der Waals surface area (Å²) >= 11 is 0. The minimum absolute atomic E-state index is 0.267. The van der Waals surface area contributed by atoms with E-state index in [-0.39, 0.29) is 12.0 Å². The van der Waals surface area contributed by atoms with Crippen molar-refractivity contribution in [3.8, 4) is 0 Å². The summed E-state index contributed by atoms with van der Waals surface area (Å²) in [4.78, 5) is 24.6. The van der Waals surface area contributed by atoms with Crippen LogP contribution in [0.25, 0.3) is 0 Å². The SMILES string of the molecule is CC[C@@H](C(=O)Nc1cccc(C(=O)OC)c1)N(c1ccc(C)cc1)S(C)(=O)=O. The first-order chi connectivity index (χ1) is 13.2. The number of hydrogen-bond acceptors (Lipinski definition) is 5. The Morgan fingerprint density at radius 1 is 1.14 bits per heavy atom. The van der Waals surface area contributed by atoms with Crippen molar-refractivity contribution in [3.63, 3.8) is 0 Å². The first-order valence-electron chi connectivity index (χ1n) is 8.72. The van der Waals surface area contributed by atoms with Gasteiger partial charge in [-0.15, -0.1) is 0 Å². The highest BCUT2D eigenvalue weighted by molar-refractivity contribution is 7.92. The zero-order valence-corrected chi connectivity index (χ0v) is 17.1. The predicted octanol–water partition coefficient (Wildman–Crippen LogP) is 2.96. The monoisotopic (exact) mass is 404 g/mol. The summed E-state index contributed by atoms with van der Waals surface area (Å²) in [5, 5.41) is 2.69. The molecule has 2 aromatic rings. The Hall–Kier alpha value is -2.87. The predicted molar refractivity (Wildman–Crippen MR) is 109 cm³/mol. The third kappa shape index (κ3) is 5.10. The lowest BCUT2D eigenvalue weighted by atomic mass is 10.1. The molecule has 0 aliphatic rings. The zero-order valence-electron chi connectivity index (χ0n) is 16.3. The number of aryl methyl sites for hydroxylation is 1. The lowest BCUT2D eigenvalue weighted by Gasteiger charge is -2.30. The molecule has 0 fully saturated rings. The summed E-state index contributed by atoms with van der Waals surface area (Å²) in [5.74, 6) is -1.02. The molecule has 0 saturated carbocycles. The Balaban J connectivity index is 2.34. The van der Waals surface area contributed by atoms with Gasteiger partial charge in [0.05, 0.1) is 24.6 Å². The van der Waals surface area contributed by atoms with Crippen LogP contribution in [0.4, 0.5) is 11.4 Å². The maximum atomic E-state index is 12.9. The Labute approximate surface area is 165 Å². The van der Waals surface area contributed by atoms with Crippen molar-refractivity contribution in [2.75, 3.05) is 23.0 Å². The molecule has 2 aromatic carbocycles. The van der Waals surface area contributed by atoms with E-state index in [0.29, 0.717) is 11.4 Å².